The number of primary amides is 1. The lowest BCUT2D eigenvalue weighted by molar-refractivity contribution is -0.118. The van der Waals surface area contributed by atoms with Gasteiger partial charge in [0.05, 0.1) is 5.39 Å². The number of aromatic nitrogens is 2. The van der Waals surface area contributed by atoms with Crippen LogP contribution in [0, 0.1) is 13.8 Å². The number of aryl methyl sites for hydroxylation is 2. The van der Waals surface area contributed by atoms with Crippen LogP contribution in [0.25, 0.3) is 10.2 Å². The van der Waals surface area contributed by atoms with Gasteiger partial charge in [0.1, 0.15) is 21.6 Å². The van der Waals surface area contributed by atoms with E-state index < -0.39 is 5.91 Å². The fourth-order valence-electron chi connectivity index (χ4n) is 3.39. The molecule has 140 valence electrons. The van der Waals surface area contributed by atoms with Gasteiger partial charge in [-0.15, -0.1) is 11.3 Å². The number of ether oxygens (including phenoxy) is 1. The molecule has 1 fully saturated rings. The van der Waals surface area contributed by atoms with Crippen molar-refractivity contribution in [2.24, 2.45) is 5.73 Å². The summed E-state index contributed by atoms with van der Waals surface area (Å²) < 4.78 is 7.07. The number of nitrogens with zero attached hydrogens (tertiary/aromatic N) is 2. The van der Waals surface area contributed by atoms with E-state index in [2.05, 4.69) is 4.98 Å². The summed E-state index contributed by atoms with van der Waals surface area (Å²) in [4.78, 5) is 41.9. The third-order valence-electron chi connectivity index (χ3n) is 4.83. The van der Waals surface area contributed by atoms with Crippen molar-refractivity contribution in [2.45, 2.75) is 65.0 Å². The monoisotopic (exact) mass is 377 g/mol. The van der Waals surface area contributed by atoms with Crippen molar-refractivity contribution in [1.29, 1.82) is 0 Å². The first-order valence-corrected chi connectivity index (χ1v) is 9.70. The highest BCUT2D eigenvalue weighted by Gasteiger charge is 2.24. The van der Waals surface area contributed by atoms with Gasteiger partial charge in [0, 0.05) is 13.0 Å². The van der Waals surface area contributed by atoms with Crippen LogP contribution in [0.4, 0.5) is 0 Å². The van der Waals surface area contributed by atoms with Crippen LogP contribution in [0.15, 0.2) is 4.79 Å². The number of thiophene rings is 1. The van der Waals surface area contributed by atoms with Gasteiger partial charge < -0.3 is 10.5 Å². The zero-order valence-corrected chi connectivity index (χ0v) is 15.9. The van der Waals surface area contributed by atoms with Gasteiger partial charge in [-0.2, -0.15) is 0 Å². The Morgan fingerprint density at radius 2 is 1.96 bits per heavy atom. The van der Waals surface area contributed by atoms with E-state index in [-0.39, 0.29) is 30.6 Å². The Kier molecular flexibility index (Phi) is 5.41. The van der Waals surface area contributed by atoms with E-state index in [1.807, 2.05) is 0 Å². The molecular formula is C18H23N3O4S. The van der Waals surface area contributed by atoms with Crippen molar-refractivity contribution < 1.29 is 14.3 Å². The molecule has 0 bridgehead atoms. The molecule has 0 saturated heterocycles. The molecule has 7 nitrogen and oxygen atoms in total. The molecule has 0 aromatic carbocycles. The largest absolute Gasteiger partial charge is 0.458 e. The van der Waals surface area contributed by atoms with Crippen molar-refractivity contribution >= 4 is 33.4 Å². The number of amides is 1. The van der Waals surface area contributed by atoms with Gasteiger partial charge >= 0.3 is 5.97 Å². The molecule has 2 aromatic heterocycles. The number of hydrogen-bond acceptors (Lipinski definition) is 6. The van der Waals surface area contributed by atoms with Gasteiger partial charge in [-0.1, -0.05) is 6.42 Å². The van der Waals surface area contributed by atoms with E-state index >= 15 is 0 Å². The van der Waals surface area contributed by atoms with Gasteiger partial charge in [0.15, 0.2) is 0 Å². The Hall–Kier alpha value is -2.22. The molecule has 1 saturated carbocycles. The van der Waals surface area contributed by atoms with Crippen LogP contribution >= 0.6 is 11.3 Å². The van der Waals surface area contributed by atoms with Crippen LogP contribution in [-0.2, 0) is 16.1 Å². The molecule has 0 unspecified atom stereocenters. The number of hydrogen-bond donors (Lipinski definition) is 1. The Morgan fingerprint density at radius 3 is 2.62 bits per heavy atom. The summed E-state index contributed by atoms with van der Waals surface area (Å²) in [6.07, 6.45) is 5.16. The third kappa shape index (κ3) is 3.65. The van der Waals surface area contributed by atoms with E-state index in [0.717, 1.165) is 25.7 Å². The first kappa shape index (κ1) is 18.6. The lowest BCUT2D eigenvalue weighted by Crippen LogP contribution is -2.26. The van der Waals surface area contributed by atoms with Crippen molar-refractivity contribution in [3.05, 3.63) is 26.6 Å². The SMILES string of the molecule is Cc1c(C(=O)OC2CCCCC2)sc2nc(C)n(CCC(N)=O)c(=O)c12. The zero-order valence-electron chi connectivity index (χ0n) is 15.0. The molecule has 0 spiro atoms. The molecule has 26 heavy (non-hydrogen) atoms. The van der Waals surface area contributed by atoms with E-state index in [1.54, 1.807) is 13.8 Å². The molecule has 1 amide bonds. The lowest BCUT2D eigenvalue weighted by Gasteiger charge is -2.21. The fraction of sp³-hybridized carbons (Fsp3) is 0.556. The minimum Gasteiger partial charge on any atom is -0.458 e. The van der Waals surface area contributed by atoms with Crippen LogP contribution in [0.2, 0.25) is 0 Å². The summed E-state index contributed by atoms with van der Waals surface area (Å²) in [5.74, 6) is -0.356. The third-order valence-corrected chi connectivity index (χ3v) is 6.00. The average Bonchev–Trinajstić information content (AvgIpc) is 2.92. The molecule has 2 N–H and O–H groups in total. The van der Waals surface area contributed by atoms with Gasteiger partial charge in [-0.3, -0.25) is 14.2 Å². The highest BCUT2D eigenvalue weighted by Crippen LogP contribution is 2.29. The summed E-state index contributed by atoms with van der Waals surface area (Å²) in [6.45, 7) is 3.63. The number of fused-ring (bicyclic) bond motifs is 1. The normalized spacial score (nSPS) is 15.3. The Balaban J connectivity index is 1.94. The minimum absolute atomic E-state index is 0.0391. The number of esters is 1. The fourth-order valence-corrected chi connectivity index (χ4v) is 4.49. The second-order valence-electron chi connectivity index (χ2n) is 6.73. The molecule has 1 aliphatic rings. The summed E-state index contributed by atoms with van der Waals surface area (Å²) in [5.41, 5.74) is 5.52. The predicted molar refractivity (Wildman–Crippen MR) is 99.5 cm³/mol. The van der Waals surface area contributed by atoms with Crippen LogP contribution < -0.4 is 11.3 Å². The second kappa shape index (κ2) is 7.57. The van der Waals surface area contributed by atoms with Gasteiger partial charge in [0.2, 0.25) is 5.91 Å². The Bertz CT molecular complexity index is 909. The van der Waals surface area contributed by atoms with Gasteiger partial charge in [0.25, 0.3) is 5.56 Å². The van der Waals surface area contributed by atoms with Crippen molar-refractivity contribution in [2.75, 3.05) is 0 Å². The van der Waals surface area contributed by atoms with Crippen molar-refractivity contribution in [3.63, 3.8) is 0 Å². The lowest BCUT2D eigenvalue weighted by atomic mass is 9.98. The average molecular weight is 377 g/mol. The summed E-state index contributed by atoms with van der Waals surface area (Å²) in [6, 6.07) is 0. The molecule has 2 aromatic rings. The first-order chi connectivity index (χ1) is 12.4. The quantitative estimate of drug-likeness (QED) is 0.806. The standard InChI is InChI=1S/C18H23N3O4S/c1-10-14-16(20-11(2)21(17(14)23)9-8-13(19)22)26-15(10)18(24)25-12-6-4-3-5-7-12/h12H,3-9H2,1-2H3,(H2,19,22). The molecule has 0 radical (unpaired) electrons. The molecular weight excluding hydrogens is 354 g/mol. The summed E-state index contributed by atoms with van der Waals surface area (Å²) in [5, 5.41) is 0.417. The van der Waals surface area contributed by atoms with Crippen LogP contribution in [0.3, 0.4) is 0 Å². The molecule has 1 aliphatic carbocycles. The predicted octanol–water partition coefficient (Wildman–Crippen LogP) is 2.44. The number of rotatable bonds is 5. The summed E-state index contributed by atoms with van der Waals surface area (Å²) >= 11 is 1.19. The van der Waals surface area contributed by atoms with Crippen LogP contribution in [0.1, 0.15) is 59.6 Å². The minimum atomic E-state index is -0.477. The second-order valence-corrected chi connectivity index (χ2v) is 7.73. The molecule has 8 heteroatoms. The van der Waals surface area contributed by atoms with Crippen molar-refractivity contribution in [1.82, 2.24) is 9.55 Å². The molecule has 3 rings (SSSR count). The molecule has 2 heterocycles. The summed E-state index contributed by atoms with van der Waals surface area (Å²) in [7, 11) is 0. The molecule has 0 atom stereocenters. The Morgan fingerprint density at radius 1 is 1.27 bits per heavy atom. The highest BCUT2D eigenvalue weighted by molar-refractivity contribution is 7.20. The Labute approximate surface area is 155 Å². The number of carbonyl (C=O) groups excluding carboxylic acids is 2. The van der Waals surface area contributed by atoms with E-state index in [9.17, 15) is 14.4 Å². The van der Waals surface area contributed by atoms with Crippen molar-refractivity contribution in [3.8, 4) is 0 Å². The molecule has 0 aliphatic heterocycles. The first-order valence-electron chi connectivity index (χ1n) is 8.88. The maximum atomic E-state index is 12.8. The zero-order chi connectivity index (χ0) is 18.8. The smallest absolute Gasteiger partial charge is 0.348 e. The van der Waals surface area contributed by atoms with Crippen LogP contribution in [-0.4, -0.2) is 27.5 Å². The number of carbonyl (C=O) groups is 2. The topological polar surface area (TPSA) is 104 Å². The number of nitrogens with two attached hydrogens (primary N) is 1. The van der Waals surface area contributed by atoms with E-state index in [0.29, 0.717) is 26.5 Å². The van der Waals surface area contributed by atoms with Gasteiger partial charge in [-0.25, -0.2) is 9.78 Å². The maximum Gasteiger partial charge on any atom is 0.348 e. The van der Waals surface area contributed by atoms with E-state index in [4.69, 9.17) is 10.5 Å². The van der Waals surface area contributed by atoms with E-state index in [1.165, 1.54) is 22.3 Å². The van der Waals surface area contributed by atoms with Crippen LogP contribution in [0.5, 0.6) is 0 Å². The highest BCUT2D eigenvalue weighted by atomic mass is 32.1. The maximum absolute atomic E-state index is 12.8. The van der Waals surface area contributed by atoms with Gasteiger partial charge in [-0.05, 0) is 45.1 Å².